The first-order valence-corrected chi connectivity index (χ1v) is 14.8. The minimum Gasteiger partial charge on any atom is -0.455 e. The molecule has 4 rings (SSSR count). The standard InChI is InChI=1S/C32H43N5O6/c1-18(2)26-28(38)33-19(3)29(39)37-14-8-9-24(36-37)30(40)43-20(4)27-23(17-42-7)16-22-11-10-21(15-25(22)34-27)12-13-32(5,6)31(41)35-26/h10-13,15-16,18-20,24,26,36H,8-9,14,17H2,1-7H3,(H,33,38)(H,35,41). The lowest BCUT2D eigenvalue weighted by Gasteiger charge is -2.35. The van der Waals surface area contributed by atoms with Gasteiger partial charge in [0.25, 0.3) is 5.91 Å². The molecule has 11 nitrogen and oxygen atoms in total. The highest BCUT2D eigenvalue weighted by Crippen LogP contribution is 2.28. The number of nitrogens with one attached hydrogen (secondary N) is 3. The molecule has 0 aliphatic carbocycles. The second kappa shape index (κ2) is 13.2. The zero-order valence-corrected chi connectivity index (χ0v) is 26.0. The largest absolute Gasteiger partial charge is 0.455 e. The highest BCUT2D eigenvalue weighted by molar-refractivity contribution is 5.94. The summed E-state index contributed by atoms with van der Waals surface area (Å²) < 4.78 is 11.3. The van der Waals surface area contributed by atoms with Crippen molar-refractivity contribution in [2.24, 2.45) is 11.3 Å². The van der Waals surface area contributed by atoms with Crippen LogP contribution < -0.4 is 16.1 Å². The quantitative estimate of drug-likeness (QED) is 0.462. The van der Waals surface area contributed by atoms with Gasteiger partial charge in [-0.15, -0.1) is 0 Å². The molecule has 1 saturated heterocycles. The highest BCUT2D eigenvalue weighted by Gasteiger charge is 2.35. The first-order valence-electron chi connectivity index (χ1n) is 14.8. The molecular formula is C32H43N5O6. The van der Waals surface area contributed by atoms with Crippen LogP contribution in [0.25, 0.3) is 17.0 Å². The Balaban J connectivity index is 1.76. The number of pyridine rings is 1. The average molecular weight is 594 g/mol. The number of methoxy groups -OCH3 is 1. The van der Waals surface area contributed by atoms with Crippen LogP contribution >= 0.6 is 0 Å². The fourth-order valence-corrected chi connectivity index (χ4v) is 5.24. The van der Waals surface area contributed by atoms with E-state index in [9.17, 15) is 19.2 Å². The summed E-state index contributed by atoms with van der Waals surface area (Å²) >= 11 is 0. The Kier molecular flexibility index (Phi) is 9.86. The SMILES string of the molecule is COCc1cc2ccc3cc2nc1C(C)OC(=O)C1CCCN(N1)C(=O)C(C)NC(=O)C(C(C)C)NC(=O)C(C)(C)C=C3. The van der Waals surface area contributed by atoms with E-state index in [0.717, 1.165) is 16.5 Å². The second-order valence-electron chi connectivity index (χ2n) is 12.3. The topological polar surface area (TPSA) is 139 Å². The van der Waals surface area contributed by atoms with E-state index in [0.29, 0.717) is 30.6 Å². The maximum Gasteiger partial charge on any atom is 0.325 e. The minimum absolute atomic E-state index is 0.231. The second-order valence-corrected chi connectivity index (χ2v) is 12.3. The lowest BCUT2D eigenvalue weighted by molar-refractivity contribution is -0.157. The smallest absolute Gasteiger partial charge is 0.325 e. The van der Waals surface area contributed by atoms with E-state index >= 15 is 0 Å². The number of amides is 3. The number of hydrogen-bond acceptors (Lipinski definition) is 8. The summed E-state index contributed by atoms with van der Waals surface area (Å²) in [7, 11) is 1.60. The molecule has 11 heteroatoms. The number of esters is 1. The number of rotatable bonds is 3. The zero-order chi connectivity index (χ0) is 31.5. The molecule has 232 valence electrons. The van der Waals surface area contributed by atoms with Crippen LogP contribution in [0.3, 0.4) is 0 Å². The Bertz CT molecular complexity index is 1420. The predicted octanol–water partition coefficient (Wildman–Crippen LogP) is 3.18. The summed E-state index contributed by atoms with van der Waals surface area (Å²) in [6, 6.07) is 5.28. The lowest BCUT2D eigenvalue weighted by Crippen LogP contribution is -2.61. The Morgan fingerprint density at radius 3 is 2.56 bits per heavy atom. The van der Waals surface area contributed by atoms with Crippen molar-refractivity contribution in [2.45, 2.75) is 85.2 Å². The Hall–Kier alpha value is -3.83. The molecule has 3 amide bonds. The van der Waals surface area contributed by atoms with Crippen molar-refractivity contribution < 1.29 is 28.7 Å². The summed E-state index contributed by atoms with van der Waals surface area (Å²) in [5, 5.41) is 7.88. The third kappa shape index (κ3) is 7.40. The first kappa shape index (κ1) is 32.1. The van der Waals surface area contributed by atoms with E-state index in [1.54, 1.807) is 40.9 Å². The van der Waals surface area contributed by atoms with Gasteiger partial charge in [-0.2, -0.15) is 0 Å². The highest BCUT2D eigenvalue weighted by atomic mass is 16.5. The lowest BCUT2D eigenvalue weighted by atomic mass is 9.89. The number of hydrogen-bond donors (Lipinski definition) is 3. The molecule has 1 fully saturated rings. The number of ether oxygens (including phenoxy) is 2. The molecule has 2 aromatic rings. The van der Waals surface area contributed by atoms with Gasteiger partial charge in [0.05, 0.1) is 23.2 Å². The average Bonchev–Trinajstić information content (AvgIpc) is 2.97. The molecule has 3 N–H and O–H groups in total. The van der Waals surface area contributed by atoms with Gasteiger partial charge < -0.3 is 20.1 Å². The molecule has 4 unspecified atom stereocenters. The number of benzene rings is 1. The van der Waals surface area contributed by atoms with Crippen LogP contribution in [0, 0.1) is 11.3 Å². The third-order valence-corrected chi connectivity index (χ3v) is 7.91. The van der Waals surface area contributed by atoms with E-state index in [2.05, 4.69) is 16.1 Å². The summed E-state index contributed by atoms with van der Waals surface area (Å²) in [4.78, 5) is 58.1. The molecule has 0 radical (unpaired) electrons. The molecule has 4 atom stereocenters. The molecule has 5 bridgehead atoms. The number of carbonyl (C=O) groups excluding carboxylic acids is 4. The molecule has 1 aromatic carbocycles. The Morgan fingerprint density at radius 2 is 1.86 bits per heavy atom. The molecule has 1 aromatic heterocycles. The van der Waals surface area contributed by atoms with Gasteiger partial charge in [0.2, 0.25) is 11.8 Å². The van der Waals surface area contributed by atoms with Crippen molar-refractivity contribution in [1.29, 1.82) is 0 Å². The number of carbonyl (C=O) groups is 4. The molecule has 2 aliphatic rings. The van der Waals surface area contributed by atoms with Crippen LogP contribution in [0.4, 0.5) is 0 Å². The number of hydrazine groups is 1. The van der Waals surface area contributed by atoms with Crippen molar-refractivity contribution >= 4 is 40.7 Å². The van der Waals surface area contributed by atoms with Gasteiger partial charge >= 0.3 is 5.97 Å². The molecular weight excluding hydrogens is 550 g/mol. The van der Waals surface area contributed by atoms with Crippen molar-refractivity contribution in [2.75, 3.05) is 13.7 Å². The third-order valence-electron chi connectivity index (χ3n) is 7.91. The molecule has 2 aliphatic heterocycles. The molecule has 43 heavy (non-hydrogen) atoms. The van der Waals surface area contributed by atoms with E-state index in [4.69, 9.17) is 14.5 Å². The fourth-order valence-electron chi connectivity index (χ4n) is 5.24. The summed E-state index contributed by atoms with van der Waals surface area (Å²) in [6.07, 6.45) is 4.01. The maximum absolute atomic E-state index is 13.4. The van der Waals surface area contributed by atoms with Crippen LogP contribution in [-0.4, -0.2) is 65.5 Å². The molecule has 3 heterocycles. The summed E-state index contributed by atoms with van der Waals surface area (Å²) in [5.74, 6) is -1.90. The van der Waals surface area contributed by atoms with Crippen molar-refractivity contribution in [3.05, 3.63) is 47.2 Å². The van der Waals surface area contributed by atoms with E-state index in [-0.39, 0.29) is 18.4 Å². The van der Waals surface area contributed by atoms with Crippen LogP contribution in [0.5, 0.6) is 0 Å². The van der Waals surface area contributed by atoms with Gasteiger partial charge in [-0.25, -0.2) is 10.4 Å². The number of nitrogens with zero attached hydrogens (tertiary/aromatic N) is 2. The summed E-state index contributed by atoms with van der Waals surface area (Å²) in [6.45, 7) is 11.2. The van der Waals surface area contributed by atoms with Crippen LogP contribution in [-0.2, 0) is 35.3 Å². The monoisotopic (exact) mass is 593 g/mol. The zero-order valence-electron chi connectivity index (χ0n) is 26.0. The van der Waals surface area contributed by atoms with Crippen molar-refractivity contribution in [3.63, 3.8) is 0 Å². The minimum atomic E-state index is -0.946. The van der Waals surface area contributed by atoms with Gasteiger partial charge in [-0.3, -0.25) is 24.2 Å². The molecule has 0 saturated carbocycles. The van der Waals surface area contributed by atoms with Crippen molar-refractivity contribution in [1.82, 2.24) is 26.1 Å². The van der Waals surface area contributed by atoms with Gasteiger partial charge in [-0.1, -0.05) is 38.1 Å². The van der Waals surface area contributed by atoms with Crippen molar-refractivity contribution in [3.8, 4) is 0 Å². The normalized spacial score (nSPS) is 25.4. The van der Waals surface area contributed by atoms with Gasteiger partial charge in [0, 0.05) is 24.6 Å². The fraction of sp³-hybridized carbons (Fsp3) is 0.531. The van der Waals surface area contributed by atoms with E-state index in [1.165, 1.54) is 5.01 Å². The van der Waals surface area contributed by atoms with E-state index in [1.807, 2.05) is 44.2 Å². The van der Waals surface area contributed by atoms with Crippen LogP contribution in [0.1, 0.15) is 77.3 Å². The van der Waals surface area contributed by atoms with Crippen LogP contribution in [0.2, 0.25) is 0 Å². The Morgan fingerprint density at radius 1 is 1.12 bits per heavy atom. The maximum atomic E-state index is 13.4. The number of cyclic esters (lactones) is 1. The summed E-state index contributed by atoms with van der Waals surface area (Å²) in [5.41, 5.74) is 4.95. The number of fused-ring (bicyclic) bond motifs is 4. The van der Waals surface area contributed by atoms with Crippen LogP contribution in [0.15, 0.2) is 30.3 Å². The van der Waals surface area contributed by atoms with Gasteiger partial charge in [0.15, 0.2) is 0 Å². The van der Waals surface area contributed by atoms with Gasteiger partial charge in [0.1, 0.15) is 24.2 Å². The van der Waals surface area contributed by atoms with E-state index < -0.39 is 47.4 Å². The Labute approximate surface area is 252 Å². The molecule has 0 spiro atoms. The predicted molar refractivity (Wildman–Crippen MR) is 162 cm³/mol. The van der Waals surface area contributed by atoms with Gasteiger partial charge in [-0.05, 0) is 64.2 Å². The number of aromatic nitrogens is 1. The first-order chi connectivity index (χ1) is 20.3.